The molecule has 1 aromatic heterocycles. The fraction of sp³-hybridized carbons (Fsp3) is 0.214. The van der Waals surface area contributed by atoms with Gasteiger partial charge in [-0.05, 0) is 18.9 Å². The molecule has 5 heteroatoms. The Balaban J connectivity index is 1.64. The van der Waals surface area contributed by atoms with Crippen molar-refractivity contribution >= 4 is 33.5 Å². The Labute approximate surface area is 115 Å². The number of aromatic nitrogens is 1. The lowest BCUT2D eigenvalue weighted by atomic mass is 10.1. The van der Waals surface area contributed by atoms with E-state index in [1.165, 1.54) is 23.8 Å². The van der Waals surface area contributed by atoms with Crippen molar-refractivity contribution in [3.8, 4) is 0 Å². The average molecular weight is 270 g/mol. The lowest BCUT2D eigenvalue weighted by Crippen LogP contribution is -2.37. The highest BCUT2D eigenvalue weighted by Gasteiger charge is 2.22. The van der Waals surface area contributed by atoms with Gasteiger partial charge in [0, 0.05) is 28.1 Å². The van der Waals surface area contributed by atoms with E-state index in [0.717, 1.165) is 16.4 Å². The predicted octanol–water partition coefficient (Wildman–Crippen LogP) is 2.83. The van der Waals surface area contributed by atoms with Gasteiger partial charge >= 0.3 is 0 Å². The summed E-state index contributed by atoms with van der Waals surface area (Å²) in [7, 11) is 0. The standard InChI is InChI=1S/C14H14N4S/c1-2-4-12-10(3-1)11(7-15-12)13-8-19-14(18-17-13)16-9-5-6-9/h1-4,7-9,15,17H,5-6H2,(H,16,18). The Morgan fingerprint density at radius 2 is 2.05 bits per heavy atom. The number of nitrogens with zero attached hydrogens (tertiary/aromatic N) is 1. The highest BCUT2D eigenvalue weighted by atomic mass is 32.2. The van der Waals surface area contributed by atoms with Gasteiger partial charge in [-0.3, -0.25) is 15.8 Å². The van der Waals surface area contributed by atoms with Crippen molar-refractivity contribution in [2.24, 2.45) is 4.99 Å². The number of amidine groups is 1. The van der Waals surface area contributed by atoms with Gasteiger partial charge in [0.1, 0.15) is 0 Å². The topological polar surface area (TPSA) is 52.2 Å². The Morgan fingerprint density at radius 1 is 1.16 bits per heavy atom. The van der Waals surface area contributed by atoms with E-state index in [4.69, 9.17) is 0 Å². The van der Waals surface area contributed by atoms with Gasteiger partial charge in [-0.1, -0.05) is 30.0 Å². The summed E-state index contributed by atoms with van der Waals surface area (Å²) in [5.41, 5.74) is 9.83. The van der Waals surface area contributed by atoms with Crippen LogP contribution in [-0.4, -0.2) is 16.2 Å². The summed E-state index contributed by atoms with van der Waals surface area (Å²) >= 11 is 1.65. The molecule has 0 saturated heterocycles. The lowest BCUT2D eigenvalue weighted by molar-refractivity contribution is 0.839. The number of hydrogen-bond acceptors (Lipinski definition) is 3. The maximum Gasteiger partial charge on any atom is 0.180 e. The number of benzene rings is 1. The number of fused-ring (bicyclic) bond motifs is 1. The minimum Gasteiger partial charge on any atom is -0.360 e. The third-order valence-electron chi connectivity index (χ3n) is 3.32. The van der Waals surface area contributed by atoms with Crippen molar-refractivity contribution in [2.75, 3.05) is 0 Å². The summed E-state index contributed by atoms with van der Waals surface area (Å²) in [5, 5.41) is 4.31. The molecule has 0 atom stereocenters. The van der Waals surface area contributed by atoms with Crippen molar-refractivity contribution in [2.45, 2.75) is 18.9 Å². The molecule has 0 radical (unpaired) electrons. The van der Waals surface area contributed by atoms with E-state index in [9.17, 15) is 0 Å². The molecule has 2 heterocycles. The minimum atomic E-state index is 0.542. The average Bonchev–Trinajstić information content (AvgIpc) is 3.16. The number of hydrogen-bond donors (Lipinski definition) is 3. The lowest BCUT2D eigenvalue weighted by Gasteiger charge is -2.18. The van der Waals surface area contributed by atoms with Crippen LogP contribution >= 0.6 is 11.8 Å². The molecule has 1 fully saturated rings. The summed E-state index contributed by atoms with van der Waals surface area (Å²) in [6, 6.07) is 8.85. The number of H-pyrrole nitrogens is 1. The van der Waals surface area contributed by atoms with Crippen molar-refractivity contribution in [1.29, 1.82) is 0 Å². The fourth-order valence-electron chi connectivity index (χ4n) is 2.15. The summed E-state index contributed by atoms with van der Waals surface area (Å²) in [6.45, 7) is 0. The molecule has 1 aliphatic heterocycles. The smallest absolute Gasteiger partial charge is 0.180 e. The van der Waals surface area contributed by atoms with Crippen molar-refractivity contribution in [3.63, 3.8) is 0 Å². The molecule has 0 amide bonds. The first kappa shape index (κ1) is 11.0. The van der Waals surface area contributed by atoms with Crippen LogP contribution in [-0.2, 0) is 0 Å². The van der Waals surface area contributed by atoms with E-state index >= 15 is 0 Å². The molecule has 0 bridgehead atoms. The molecule has 2 aromatic rings. The Hall–Kier alpha value is -1.88. The monoisotopic (exact) mass is 270 g/mol. The van der Waals surface area contributed by atoms with Crippen LogP contribution in [0.3, 0.4) is 0 Å². The summed E-state index contributed by atoms with van der Waals surface area (Å²) in [4.78, 5) is 7.87. The third kappa shape index (κ3) is 2.10. The van der Waals surface area contributed by atoms with Crippen LogP contribution in [0, 0.1) is 0 Å². The molecule has 96 valence electrons. The molecule has 0 unspecified atom stereocenters. The molecule has 4 nitrogen and oxygen atoms in total. The van der Waals surface area contributed by atoms with Gasteiger partial charge in [0.05, 0.1) is 11.7 Å². The second-order valence-electron chi connectivity index (χ2n) is 4.81. The zero-order chi connectivity index (χ0) is 12.7. The number of thioether (sulfide) groups is 1. The zero-order valence-electron chi connectivity index (χ0n) is 10.3. The van der Waals surface area contributed by atoms with Gasteiger partial charge in [-0.2, -0.15) is 0 Å². The van der Waals surface area contributed by atoms with Gasteiger partial charge in [0.15, 0.2) is 5.17 Å². The molecule has 19 heavy (non-hydrogen) atoms. The maximum absolute atomic E-state index is 4.58. The highest BCUT2D eigenvalue weighted by Crippen LogP contribution is 2.29. The van der Waals surface area contributed by atoms with Crippen LogP contribution in [0.2, 0.25) is 0 Å². The first-order chi connectivity index (χ1) is 9.40. The third-order valence-corrected chi connectivity index (χ3v) is 4.10. The van der Waals surface area contributed by atoms with E-state index in [1.54, 1.807) is 11.8 Å². The highest BCUT2D eigenvalue weighted by molar-refractivity contribution is 8.16. The maximum atomic E-state index is 4.58. The van der Waals surface area contributed by atoms with Crippen LogP contribution in [0.5, 0.6) is 0 Å². The van der Waals surface area contributed by atoms with E-state index in [2.05, 4.69) is 44.4 Å². The first-order valence-electron chi connectivity index (χ1n) is 6.43. The SMILES string of the molecule is C1=C(c2c[nH]c3ccccc23)NNC(=NC2CC2)S1. The Kier molecular flexibility index (Phi) is 2.51. The van der Waals surface area contributed by atoms with E-state index in [1.807, 2.05) is 12.3 Å². The van der Waals surface area contributed by atoms with Crippen LogP contribution in [0.15, 0.2) is 40.9 Å². The molecule has 2 aliphatic rings. The number of nitrogens with one attached hydrogen (secondary N) is 3. The van der Waals surface area contributed by atoms with Crippen LogP contribution in [0.4, 0.5) is 0 Å². The molecule has 1 aromatic carbocycles. The molecule has 1 aliphatic carbocycles. The van der Waals surface area contributed by atoms with Gasteiger partial charge in [0.2, 0.25) is 0 Å². The van der Waals surface area contributed by atoms with Gasteiger partial charge < -0.3 is 4.98 Å². The molecule has 4 rings (SSSR count). The Morgan fingerprint density at radius 3 is 2.84 bits per heavy atom. The van der Waals surface area contributed by atoms with E-state index < -0.39 is 0 Å². The second kappa shape index (κ2) is 4.35. The summed E-state index contributed by atoms with van der Waals surface area (Å²) in [6.07, 6.45) is 4.49. The first-order valence-corrected chi connectivity index (χ1v) is 7.31. The van der Waals surface area contributed by atoms with Crippen molar-refractivity contribution in [3.05, 3.63) is 41.4 Å². The number of aromatic amines is 1. The Bertz CT molecular complexity index is 682. The quantitative estimate of drug-likeness (QED) is 0.786. The second-order valence-corrected chi connectivity index (χ2v) is 5.67. The fourth-order valence-corrected chi connectivity index (χ4v) is 2.89. The van der Waals surface area contributed by atoms with Gasteiger partial charge in [-0.15, -0.1) is 0 Å². The number of aliphatic imine (C=N–C) groups is 1. The predicted molar refractivity (Wildman–Crippen MR) is 80.6 cm³/mol. The van der Waals surface area contributed by atoms with Gasteiger partial charge in [0.25, 0.3) is 0 Å². The number of para-hydroxylation sites is 1. The molecule has 1 saturated carbocycles. The van der Waals surface area contributed by atoms with Crippen molar-refractivity contribution < 1.29 is 0 Å². The van der Waals surface area contributed by atoms with Gasteiger partial charge in [-0.25, -0.2) is 0 Å². The largest absolute Gasteiger partial charge is 0.360 e. The number of rotatable bonds is 2. The molecule has 3 N–H and O–H groups in total. The van der Waals surface area contributed by atoms with E-state index in [0.29, 0.717) is 6.04 Å². The molecular weight excluding hydrogens is 256 g/mol. The normalized spacial score (nSPS) is 21.1. The summed E-state index contributed by atoms with van der Waals surface area (Å²) < 4.78 is 0. The summed E-state index contributed by atoms with van der Waals surface area (Å²) in [5.74, 6) is 0. The minimum absolute atomic E-state index is 0.542. The number of hydrazine groups is 1. The zero-order valence-corrected chi connectivity index (χ0v) is 11.1. The van der Waals surface area contributed by atoms with Crippen LogP contribution < -0.4 is 10.9 Å². The van der Waals surface area contributed by atoms with Crippen molar-refractivity contribution in [1.82, 2.24) is 15.8 Å². The molecular formula is C14H14N4S. The van der Waals surface area contributed by atoms with Crippen LogP contribution in [0.1, 0.15) is 18.4 Å². The van der Waals surface area contributed by atoms with E-state index in [-0.39, 0.29) is 0 Å². The van der Waals surface area contributed by atoms with Crippen LogP contribution in [0.25, 0.3) is 16.6 Å². The molecule has 0 spiro atoms.